The monoisotopic (exact) mass is 287 g/mol. The van der Waals surface area contributed by atoms with Crippen molar-refractivity contribution in [3.05, 3.63) is 0 Å². The highest BCUT2D eigenvalue weighted by molar-refractivity contribution is 5.91. The SMILES string of the molecule is CC(=O)C(CCCN=C(N)N)NC(=O)[C@@H](N)CC(=O)O. The largest absolute Gasteiger partial charge is 0.481 e. The number of nitrogens with one attached hydrogen (secondary N) is 1. The van der Waals surface area contributed by atoms with Crippen LogP contribution in [0, 0.1) is 0 Å². The van der Waals surface area contributed by atoms with Gasteiger partial charge in [-0.25, -0.2) is 0 Å². The summed E-state index contributed by atoms with van der Waals surface area (Å²) in [5, 5.41) is 11.0. The Morgan fingerprint density at radius 3 is 2.35 bits per heavy atom. The first-order chi connectivity index (χ1) is 9.23. The zero-order valence-corrected chi connectivity index (χ0v) is 11.3. The molecule has 2 atom stereocenters. The molecule has 0 aromatic rings. The predicted octanol–water partition coefficient (Wildman–Crippen LogP) is -2.08. The van der Waals surface area contributed by atoms with Crippen LogP contribution in [0.5, 0.6) is 0 Å². The van der Waals surface area contributed by atoms with Crippen molar-refractivity contribution in [3.8, 4) is 0 Å². The van der Waals surface area contributed by atoms with Crippen molar-refractivity contribution in [3.63, 3.8) is 0 Å². The summed E-state index contributed by atoms with van der Waals surface area (Å²) in [4.78, 5) is 37.2. The van der Waals surface area contributed by atoms with E-state index < -0.39 is 30.4 Å². The fourth-order valence-electron chi connectivity index (χ4n) is 1.44. The van der Waals surface area contributed by atoms with E-state index in [1.807, 2.05) is 0 Å². The molecule has 0 rings (SSSR count). The lowest BCUT2D eigenvalue weighted by Crippen LogP contribution is -2.48. The lowest BCUT2D eigenvalue weighted by molar-refractivity contribution is -0.139. The van der Waals surface area contributed by atoms with Gasteiger partial charge in [0, 0.05) is 6.54 Å². The Kier molecular flexibility index (Phi) is 7.90. The number of guanidine groups is 1. The molecule has 0 radical (unpaired) electrons. The van der Waals surface area contributed by atoms with Gasteiger partial charge >= 0.3 is 5.97 Å². The number of rotatable bonds is 9. The van der Waals surface area contributed by atoms with E-state index >= 15 is 0 Å². The number of carboxylic acid groups (broad SMARTS) is 1. The van der Waals surface area contributed by atoms with Crippen molar-refractivity contribution in [2.24, 2.45) is 22.2 Å². The quantitative estimate of drug-likeness (QED) is 0.183. The van der Waals surface area contributed by atoms with Gasteiger partial charge in [0.15, 0.2) is 11.7 Å². The van der Waals surface area contributed by atoms with Gasteiger partial charge in [-0.3, -0.25) is 19.4 Å². The Bertz CT molecular complexity index is 392. The Morgan fingerprint density at radius 1 is 1.30 bits per heavy atom. The zero-order valence-electron chi connectivity index (χ0n) is 11.3. The van der Waals surface area contributed by atoms with Crippen molar-refractivity contribution in [1.29, 1.82) is 0 Å². The third kappa shape index (κ3) is 8.03. The van der Waals surface area contributed by atoms with Gasteiger partial charge in [0.25, 0.3) is 0 Å². The highest BCUT2D eigenvalue weighted by Crippen LogP contribution is 2.01. The van der Waals surface area contributed by atoms with E-state index in [4.69, 9.17) is 22.3 Å². The van der Waals surface area contributed by atoms with Gasteiger partial charge in [-0.2, -0.15) is 0 Å². The van der Waals surface area contributed by atoms with Crippen LogP contribution in [0.4, 0.5) is 0 Å². The molecule has 1 unspecified atom stereocenters. The first kappa shape index (κ1) is 17.8. The standard InChI is InChI=1S/C11H21N5O4/c1-6(17)8(3-2-4-15-11(13)14)16-10(20)7(12)5-9(18)19/h7-8H,2-5,12H2,1H3,(H,16,20)(H,18,19)(H4,13,14,15)/t7-,8?/m0/s1. The number of aliphatic carboxylic acids is 1. The lowest BCUT2D eigenvalue weighted by Gasteiger charge is -2.17. The average molecular weight is 287 g/mol. The lowest BCUT2D eigenvalue weighted by atomic mass is 10.1. The van der Waals surface area contributed by atoms with Crippen LogP contribution in [-0.4, -0.2) is 47.4 Å². The summed E-state index contributed by atoms with van der Waals surface area (Å²) < 4.78 is 0. The summed E-state index contributed by atoms with van der Waals surface area (Å²) >= 11 is 0. The number of aliphatic imine (C=N–C) groups is 1. The highest BCUT2D eigenvalue weighted by Gasteiger charge is 2.22. The Balaban J connectivity index is 4.33. The minimum atomic E-state index is -1.19. The van der Waals surface area contributed by atoms with Crippen LogP contribution < -0.4 is 22.5 Å². The molecular weight excluding hydrogens is 266 g/mol. The first-order valence-corrected chi connectivity index (χ1v) is 6.07. The zero-order chi connectivity index (χ0) is 15.7. The summed E-state index contributed by atoms with van der Waals surface area (Å²) in [6.07, 6.45) is 0.346. The smallest absolute Gasteiger partial charge is 0.305 e. The van der Waals surface area contributed by atoms with E-state index in [0.29, 0.717) is 19.4 Å². The first-order valence-electron chi connectivity index (χ1n) is 6.07. The molecule has 0 heterocycles. The summed E-state index contributed by atoms with van der Waals surface area (Å²) in [5.41, 5.74) is 15.7. The summed E-state index contributed by atoms with van der Waals surface area (Å²) in [6.45, 7) is 1.66. The molecule has 0 fully saturated rings. The van der Waals surface area contributed by atoms with Crippen LogP contribution in [-0.2, 0) is 14.4 Å². The van der Waals surface area contributed by atoms with Gasteiger partial charge in [-0.1, -0.05) is 0 Å². The second kappa shape index (κ2) is 8.86. The highest BCUT2D eigenvalue weighted by atomic mass is 16.4. The van der Waals surface area contributed by atoms with Crippen LogP contribution in [0.25, 0.3) is 0 Å². The number of carboxylic acids is 1. The molecule has 0 saturated carbocycles. The molecule has 0 aromatic heterocycles. The van der Waals surface area contributed by atoms with Crippen molar-refractivity contribution >= 4 is 23.6 Å². The van der Waals surface area contributed by atoms with Crippen LogP contribution in [0.1, 0.15) is 26.2 Å². The fraction of sp³-hybridized carbons (Fsp3) is 0.636. The van der Waals surface area contributed by atoms with Crippen LogP contribution in [0.15, 0.2) is 4.99 Å². The maximum Gasteiger partial charge on any atom is 0.305 e. The Labute approximate surface area is 116 Å². The number of carbonyl (C=O) groups is 3. The molecule has 20 heavy (non-hydrogen) atoms. The minimum Gasteiger partial charge on any atom is -0.481 e. The molecule has 9 nitrogen and oxygen atoms in total. The molecule has 0 spiro atoms. The number of Topliss-reactive ketones (excluding diaryl/α,β-unsaturated/α-hetero) is 1. The number of ketones is 1. The van der Waals surface area contributed by atoms with E-state index in [0.717, 1.165) is 0 Å². The fourth-order valence-corrected chi connectivity index (χ4v) is 1.44. The second-order valence-electron chi connectivity index (χ2n) is 4.32. The van der Waals surface area contributed by atoms with Gasteiger partial charge in [-0.15, -0.1) is 0 Å². The molecule has 0 aliphatic carbocycles. The molecule has 0 bridgehead atoms. The summed E-state index contributed by atoms with van der Waals surface area (Å²) in [7, 11) is 0. The number of nitrogens with two attached hydrogens (primary N) is 3. The van der Waals surface area contributed by atoms with Crippen molar-refractivity contribution < 1.29 is 19.5 Å². The maximum absolute atomic E-state index is 11.6. The Morgan fingerprint density at radius 2 is 1.90 bits per heavy atom. The second-order valence-corrected chi connectivity index (χ2v) is 4.32. The third-order valence-electron chi connectivity index (χ3n) is 2.48. The summed E-state index contributed by atoms with van der Waals surface area (Å²) in [6, 6.07) is -1.91. The van der Waals surface area contributed by atoms with Crippen LogP contribution >= 0.6 is 0 Å². The molecule has 0 aromatic carbocycles. The van der Waals surface area contributed by atoms with Crippen molar-refractivity contribution in [1.82, 2.24) is 5.32 Å². The van der Waals surface area contributed by atoms with Gasteiger partial charge in [0.2, 0.25) is 5.91 Å². The number of hydrogen-bond donors (Lipinski definition) is 5. The van der Waals surface area contributed by atoms with E-state index in [1.54, 1.807) is 0 Å². The molecule has 9 heteroatoms. The molecule has 1 amide bonds. The molecule has 0 aliphatic rings. The Hall–Kier alpha value is -2.16. The van der Waals surface area contributed by atoms with Gasteiger partial charge in [0.05, 0.1) is 18.5 Å². The molecule has 114 valence electrons. The number of nitrogens with zero attached hydrogens (tertiary/aromatic N) is 1. The van der Waals surface area contributed by atoms with Gasteiger partial charge < -0.3 is 27.6 Å². The van der Waals surface area contributed by atoms with E-state index in [1.165, 1.54) is 6.92 Å². The molecular formula is C11H21N5O4. The minimum absolute atomic E-state index is 0.0445. The normalized spacial score (nSPS) is 13.1. The maximum atomic E-state index is 11.6. The van der Waals surface area contributed by atoms with Crippen LogP contribution in [0.2, 0.25) is 0 Å². The van der Waals surface area contributed by atoms with E-state index in [2.05, 4.69) is 10.3 Å². The van der Waals surface area contributed by atoms with E-state index in [-0.39, 0.29) is 11.7 Å². The summed E-state index contributed by atoms with van der Waals surface area (Å²) in [5.74, 6) is -2.14. The van der Waals surface area contributed by atoms with Gasteiger partial charge in [0.1, 0.15) is 0 Å². The van der Waals surface area contributed by atoms with E-state index in [9.17, 15) is 14.4 Å². The molecule has 0 aliphatic heterocycles. The topological polar surface area (TPSA) is 174 Å². The van der Waals surface area contributed by atoms with Crippen molar-refractivity contribution in [2.75, 3.05) is 6.54 Å². The predicted molar refractivity (Wildman–Crippen MR) is 72.8 cm³/mol. The molecule has 8 N–H and O–H groups in total. The van der Waals surface area contributed by atoms with Crippen LogP contribution in [0.3, 0.4) is 0 Å². The third-order valence-corrected chi connectivity index (χ3v) is 2.48. The average Bonchev–Trinajstić information content (AvgIpc) is 2.31. The number of carbonyl (C=O) groups excluding carboxylic acids is 2. The number of hydrogen-bond acceptors (Lipinski definition) is 5. The van der Waals surface area contributed by atoms with Crippen molar-refractivity contribution in [2.45, 2.75) is 38.3 Å². The van der Waals surface area contributed by atoms with Gasteiger partial charge in [-0.05, 0) is 19.8 Å². The number of amides is 1. The molecule has 0 saturated heterocycles.